The van der Waals surface area contributed by atoms with Crippen molar-refractivity contribution >= 4 is 28.8 Å². The number of thiophene rings is 1. The van der Waals surface area contributed by atoms with Crippen LogP contribution in [-0.4, -0.2) is 32.6 Å². The van der Waals surface area contributed by atoms with Crippen LogP contribution in [0.4, 0.5) is 5.69 Å². The van der Waals surface area contributed by atoms with Gasteiger partial charge >= 0.3 is 0 Å². The molecule has 0 bridgehead atoms. The number of fused-ring (bicyclic) bond motifs is 1. The van der Waals surface area contributed by atoms with Crippen molar-refractivity contribution in [1.82, 2.24) is 20.1 Å². The lowest BCUT2D eigenvalue weighted by Gasteiger charge is -2.21. The molecule has 3 heterocycles. The van der Waals surface area contributed by atoms with E-state index in [1.807, 2.05) is 49.6 Å². The smallest absolute Gasteiger partial charge is 0.262 e. The van der Waals surface area contributed by atoms with Crippen molar-refractivity contribution in [2.75, 3.05) is 5.32 Å². The summed E-state index contributed by atoms with van der Waals surface area (Å²) >= 11 is 1.35. The molecule has 1 aliphatic rings. The summed E-state index contributed by atoms with van der Waals surface area (Å²) in [6.45, 7) is 4.77. The normalized spacial score (nSPS) is 14.5. The maximum atomic E-state index is 12.9. The van der Waals surface area contributed by atoms with Crippen molar-refractivity contribution in [3.63, 3.8) is 0 Å². The molecule has 2 aromatic heterocycles. The van der Waals surface area contributed by atoms with Crippen molar-refractivity contribution < 1.29 is 9.59 Å². The predicted molar refractivity (Wildman–Crippen MR) is 122 cm³/mol. The van der Waals surface area contributed by atoms with E-state index in [-0.39, 0.29) is 17.7 Å². The van der Waals surface area contributed by atoms with Crippen LogP contribution in [-0.2, 0) is 17.8 Å². The molecule has 0 unspecified atom stereocenters. The summed E-state index contributed by atoms with van der Waals surface area (Å²) in [6.07, 6.45) is 4.48. The van der Waals surface area contributed by atoms with Crippen LogP contribution in [0, 0.1) is 5.92 Å². The molecule has 1 aliphatic heterocycles. The number of benzene rings is 1. The molecular weight excluding hydrogens is 410 g/mol. The first-order chi connectivity index (χ1) is 15.0. The number of carbonyl (C=O) groups is 2. The molecule has 0 aliphatic carbocycles. The van der Waals surface area contributed by atoms with Gasteiger partial charge in [-0.25, -0.2) is 0 Å². The largest absolute Gasteiger partial charge is 0.339 e. The van der Waals surface area contributed by atoms with Crippen molar-refractivity contribution in [2.45, 2.75) is 52.1 Å². The topological polar surface area (TPSA) is 88.9 Å². The lowest BCUT2D eigenvalue weighted by Crippen LogP contribution is -2.46. The van der Waals surface area contributed by atoms with Gasteiger partial charge in [0, 0.05) is 24.2 Å². The van der Waals surface area contributed by atoms with Crippen LogP contribution < -0.4 is 10.6 Å². The number of hydrogen-bond donors (Lipinski definition) is 2. The van der Waals surface area contributed by atoms with E-state index in [4.69, 9.17) is 0 Å². The van der Waals surface area contributed by atoms with E-state index in [0.717, 1.165) is 43.0 Å². The van der Waals surface area contributed by atoms with E-state index in [1.54, 1.807) is 6.07 Å². The number of nitrogens with zero attached hydrogens (tertiary/aromatic N) is 3. The Morgan fingerprint density at radius 1 is 1.06 bits per heavy atom. The Hall–Kier alpha value is -3.00. The highest BCUT2D eigenvalue weighted by molar-refractivity contribution is 7.12. The summed E-state index contributed by atoms with van der Waals surface area (Å²) in [5.41, 5.74) is 1.66. The van der Waals surface area contributed by atoms with Crippen molar-refractivity contribution in [3.05, 3.63) is 52.5 Å². The van der Waals surface area contributed by atoms with Gasteiger partial charge in [-0.1, -0.05) is 26.3 Å². The van der Waals surface area contributed by atoms with Crippen LogP contribution in [0.15, 0.2) is 41.8 Å². The van der Waals surface area contributed by atoms with Crippen LogP contribution in [0.3, 0.4) is 0 Å². The fraction of sp³-hybridized carbons (Fsp3) is 0.391. The number of amides is 2. The molecule has 0 saturated carbocycles. The Bertz CT molecular complexity index is 1040. The minimum Gasteiger partial charge on any atom is -0.339 e. The fourth-order valence-corrected chi connectivity index (χ4v) is 4.40. The first-order valence-corrected chi connectivity index (χ1v) is 11.6. The third kappa shape index (κ3) is 4.85. The molecular formula is C23H27N5O2S. The predicted octanol–water partition coefficient (Wildman–Crippen LogP) is 4.13. The van der Waals surface area contributed by atoms with Crippen LogP contribution in [0.1, 0.15) is 48.6 Å². The molecule has 0 radical (unpaired) electrons. The Labute approximate surface area is 185 Å². The molecule has 2 amide bonds. The van der Waals surface area contributed by atoms with E-state index in [1.165, 1.54) is 17.8 Å². The molecule has 0 spiro atoms. The van der Waals surface area contributed by atoms with Crippen molar-refractivity contribution in [2.24, 2.45) is 5.92 Å². The lowest BCUT2D eigenvalue weighted by molar-refractivity contribution is -0.118. The number of nitrogens with one attached hydrogen (secondary N) is 2. The summed E-state index contributed by atoms with van der Waals surface area (Å²) in [4.78, 5) is 25.8. The average Bonchev–Trinajstić information content (AvgIpc) is 3.38. The molecule has 0 fully saturated rings. The first kappa shape index (κ1) is 21.2. The molecule has 3 aromatic rings. The molecule has 0 saturated heterocycles. The maximum Gasteiger partial charge on any atom is 0.262 e. The Balaban J connectivity index is 1.45. The number of carbonyl (C=O) groups excluding carboxylic acids is 2. The van der Waals surface area contributed by atoms with Crippen LogP contribution in [0.5, 0.6) is 0 Å². The molecule has 7 nitrogen and oxygen atoms in total. The monoisotopic (exact) mass is 437 g/mol. The van der Waals surface area contributed by atoms with E-state index in [0.29, 0.717) is 10.6 Å². The van der Waals surface area contributed by atoms with Crippen molar-refractivity contribution in [3.8, 4) is 11.4 Å². The third-order valence-electron chi connectivity index (χ3n) is 5.50. The second-order valence-electron chi connectivity index (χ2n) is 8.14. The SMILES string of the molecule is CC(C)[C@@H](NC(=O)c1cccs1)C(=O)Nc1ccc(-c2nnc3n2CCCCC3)cc1. The third-order valence-corrected chi connectivity index (χ3v) is 6.37. The van der Waals surface area contributed by atoms with E-state index in [2.05, 4.69) is 25.4 Å². The average molecular weight is 438 g/mol. The van der Waals surface area contributed by atoms with Crippen LogP contribution in [0.2, 0.25) is 0 Å². The van der Waals surface area contributed by atoms with E-state index < -0.39 is 6.04 Å². The zero-order chi connectivity index (χ0) is 21.8. The molecule has 162 valence electrons. The molecule has 4 rings (SSSR count). The molecule has 8 heteroatoms. The molecule has 1 aromatic carbocycles. The summed E-state index contributed by atoms with van der Waals surface area (Å²) < 4.78 is 2.20. The lowest BCUT2D eigenvalue weighted by atomic mass is 10.0. The number of aryl methyl sites for hydroxylation is 1. The van der Waals surface area contributed by atoms with E-state index in [9.17, 15) is 9.59 Å². The Morgan fingerprint density at radius 3 is 2.58 bits per heavy atom. The van der Waals surface area contributed by atoms with Gasteiger partial charge in [-0.3, -0.25) is 9.59 Å². The summed E-state index contributed by atoms with van der Waals surface area (Å²) in [7, 11) is 0. The van der Waals surface area contributed by atoms with Gasteiger partial charge in [0.2, 0.25) is 5.91 Å². The van der Waals surface area contributed by atoms with Gasteiger partial charge < -0.3 is 15.2 Å². The fourth-order valence-electron chi connectivity index (χ4n) is 3.78. The summed E-state index contributed by atoms with van der Waals surface area (Å²) in [5, 5.41) is 16.4. The van der Waals surface area contributed by atoms with Gasteiger partial charge in [0.15, 0.2) is 5.82 Å². The highest BCUT2D eigenvalue weighted by atomic mass is 32.1. The zero-order valence-corrected chi connectivity index (χ0v) is 18.6. The Morgan fingerprint density at radius 2 is 1.87 bits per heavy atom. The number of anilines is 1. The molecule has 1 atom stereocenters. The van der Waals surface area contributed by atoms with Crippen LogP contribution in [0.25, 0.3) is 11.4 Å². The molecule has 31 heavy (non-hydrogen) atoms. The van der Waals surface area contributed by atoms with Gasteiger partial charge in [0.05, 0.1) is 4.88 Å². The van der Waals surface area contributed by atoms with Gasteiger partial charge in [0.1, 0.15) is 11.9 Å². The highest BCUT2D eigenvalue weighted by Crippen LogP contribution is 2.24. The maximum absolute atomic E-state index is 12.9. The number of rotatable bonds is 6. The highest BCUT2D eigenvalue weighted by Gasteiger charge is 2.25. The van der Waals surface area contributed by atoms with Gasteiger partial charge in [0.25, 0.3) is 5.91 Å². The minimum absolute atomic E-state index is 0.0466. The van der Waals surface area contributed by atoms with Gasteiger partial charge in [-0.05, 0) is 54.5 Å². The summed E-state index contributed by atoms with van der Waals surface area (Å²) in [5.74, 6) is 1.41. The zero-order valence-electron chi connectivity index (χ0n) is 17.8. The van der Waals surface area contributed by atoms with Crippen LogP contribution >= 0.6 is 11.3 Å². The summed E-state index contributed by atoms with van der Waals surface area (Å²) in [6, 6.07) is 10.6. The number of aromatic nitrogens is 3. The minimum atomic E-state index is -0.624. The van der Waals surface area contributed by atoms with Gasteiger partial charge in [-0.15, -0.1) is 21.5 Å². The number of hydrogen-bond acceptors (Lipinski definition) is 5. The Kier molecular flexibility index (Phi) is 6.46. The molecule has 2 N–H and O–H groups in total. The van der Waals surface area contributed by atoms with E-state index >= 15 is 0 Å². The second-order valence-corrected chi connectivity index (χ2v) is 9.09. The van der Waals surface area contributed by atoms with Gasteiger partial charge in [-0.2, -0.15) is 0 Å². The second kappa shape index (κ2) is 9.43. The first-order valence-electron chi connectivity index (χ1n) is 10.7. The van der Waals surface area contributed by atoms with Crippen molar-refractivity contribution in [1.29, 1.82) is 0 Å². The standard InChI is InChI=1S/C23H27N5O2S/c1-15(2)20(25-22(29)18-7-6-14-31-18)23(30)24-17-11-9-16(10-12-17)21-27-26-19-8-4-3-5-13-28(19)21/h6-7,9-12,14-15,20H,3-5,8,13H2,1-2H3,(H,24,30)(H,25,29)/t20-/m1/s1. The quantitative estimate of drug-likeness (QED) is 0.607.